The lowest BCUT2D eigenvalue weighted by Crippen LogP contribution is -2.20. The average molecular weight is 298 g/mol. The third kappa shape index (κ3) is 4.10. The standard InChI is InChI=1S/C17H22N4O/c18-17-20-15(19-12-13-7-3-1-4-8-13)11-16(21-17)22-14-9-5-2-6-10-14/h1,3-4,7-8,11,14H,2,5-6,9-10,12H2,(H3,18,19,20,21). The van der Waals surface area contributed by atoms with Crippen LogP contribution in [-0.4, -0.2) is 16.1 Å². The minimum absolute atomic E-state index is 0.240. The van der Waals surface area contributed by atoms with Crippen LogP contribution >= 0.6 is 0 Å². The van der Waals surface area contributed by atoms with Crippen LogP contribution in [0.15, 0.2) is 36.4 Å². The summed E-state index contributed by atoms with van der Waals surface area (Å²) in [6.45, 7) is 0.695. The zero-order valence-electron chi connectivity index (χ0n) is 12.7. The van der Waals surface area contributed by atoms with E-state index in [9.17, 15) is 0 Å². The first-order valence-electron chi connectivity index (χ1n) is 7.88. The monoisotopic (exact) mass is 298 g/mol. The average Bonchev–Trinajstić information content (AvgIpc) is 2.54. The third-order valence-electron chi connectivity index (χ3n) is 3.88. The van der Waals surface area contributed by atoms with Gasteiger partial charge in [0.1, 0.15) is 11.9 Å². The number of nitrogens with zero attached hydrogens (tertiary/aromatic N) is 2. The maximum atomic E-state index is 5.96. The molecule has 5 heteroatoms. The summed E-state index contributed by atoms with van der Waals surface area (Å²) in [4.78, 5) is 8.40. The highest BCUT2D eigenvalue weighted by Gasteiger charge is 2.16. The molecule has 1 heterocycles. The molecule has 0 unspecified atom stereocenters. The number of hydrogen-bond donors (Lipinski definition) is 2. The van der Waals surface area contributed by atoms with E-state index in [1.54, 1.807) is 0 Å². The molecule has 0 saturated heterocycles. The van der Waals surface area contributed by atoms with Gasteiger partial charge in [-0.05, 0) is 31.2 Å². The molecule has 0 aliphatic heterocycles. The Labute approximate surface area is 130 Å². The summed E-state index contributed by atoms with van der Waals surface area (Å²) >= 11 is 0. The molecule has 2 aromatic rings. The summed E-state index contributed by atoms with van der Waals surface area (Å²) in [5.74, 6) is 1.50. The highest BCUT2D eigenvalue weighted by atomic mass is 16.5. The zero-order valence-corrected chi connectivity index (χ0v) is 12.7. The van der Waals surface area contributed by atoms with Crippen molar-refractivity contribution in [3.05, 3.63) is 42.0 Å². The number of anilines is 2. The summed E-state index contributed by atoms with van der Waals surface area (Å²) < 4.78 is 5.96. The van der Waals surface area contributed by atoms with Crippen molar-refractivity contribution < 1.29 is 4.74 Å². The van der Waals surface area contributed by atoms with E-state index in [1.807, 2.05) is 24.3 Å². The normalized spacial score (nSPS) is 15.5. The van der Waals surface area contributed by atoms with Crippen LogP contribution in [-0.2, 0) is 6.54 Å². The number of aromatic nitrogens is 2. The van der Waals surface area contributed by atoms with E-state index < -0.39 is 0 Å². The number of rotatable bonds is 5. The Bertz CT molecular complexity index is 597. The molecule has 3 N–H and O–H groups in total. The number of benzene rings is 1. The quantitative estimate of drug-likeness (QED) is 0.885. The molecule has 0 atom stereocenters. The Kier molecular flexibility index (Phi) is 4.73. The molecule has 1 aliphatic rings. The molecular formula is C17H22N4O. The molecule has 1 saturated carbocycles. The second-order valence-corrected chi connectivity index (χ2v) is 5.67. The van der Waals surface area contributed by atoms with Crippen molar-refractivity contribution in [1.29, 1.82) is 0 Å². The highest BCUT2D eigenvalue weighted by Crippen LogP contribution is 2.24. The van der Waals surface area contributed by atoms with Crippen LogP contribution in [0.5, 0.6) is 5.88 Å². The fraction of sp³-hybridized carbons (Fsp3) is 0.412. The third-order valence-corrected chi connectivity index (χ3v) is 3.88. The van der Waals surface area contributed by atoms with Gasteiger partial charge >= 0.3 is 0 Å². The fourth-order valence-electron chi connectivity index (χ4n) is 2.74. The number of nitrogens with one attached hydrogen (secondary N) is 1. The minimum atomic E-state index is 0.240. The van der Waals surface area contributed by atoms with Crippen molar-refractivity contribution in [3.63, 3.8) is 0 Å². The molecule has 5 nitrogen and oxygen atoms in total. The maximum Gasteiger partial charge on any atom is 0.225 e. The van der Waals surface area contributed by atoms with Crippen LogP contribution in [0, 0.1) is 0 Å². The summed E-state index contributed by atoms with van der Waals surface area (Å²) in [6.07, 6.45) is 6.20. The SMILES string of the molecule is Nc1nc(NCc2ccccc2)cc(OC2CCCCC2)n1. The first-order valence-corrected chi connectivity index (χ1v) is 7.88. The number of hydrogen-bond acceptors (Lipinski definition) is 5. The van der Waals surface area contributed by atoms with Gasteiger partial charge in [-0.15, -0.1) is 0 Å². The van der Waals surface area contributed by atoms with Gasteiger partial charge in [0.25, 0.3) is 0 Å². The molecule has 1 aromatic carbocycles. The smallest absolute Gasteiger partial charge is 0.225 e. The molecule has 22 heavy (non-hydrogen) atoms. The van der Waals surface area contributed by atoms with E-state index in [2.05, 4.69) is 27.4 Å². The van der Waals surface area contributed by atoms with Crippen LogP contribution in [0.4, 0.5) is 11.8 Å². The minimum Gasteiger partial charge on any atom is -0.474 e. The number of ether oxygens (including phenoxy) is 1. The van der Waals surface area contributed by atoms with Crippen molar-refractivity contribution in [1.82, 2.24) is 9.97 Å². The Balaban J connectivity index is 1.64. The molecule has 0 radical (unpaired) electrons. The van der Waals surface area contributed by atoms with Crippen molar-refractivity contribution in [3.8, 4) is 5.88 Å². The molecule has 1 aliphatic carbocycles. The van der Waals surface area contributed by atoms with Crippen molar-refractivity contribution >= 4 is 11.8 Å². The van der Waals surface area contributed by atoms with Crippen molar-refractivity contribution in [2.45, 2.75) is 44.8 Å². The van der Waals surface area contributed by atoms with Gasteiger partial charge in [0.2, 0.25) is 11.8 Å². The summed E-state index contributed by atoms with van der Waals surface area (Å²) in [7, 11) is 0. The van der Waals surface area contributed by atoms with E-state index in [-0.39, 0.29) is 12.1 Å². The Morgan fingerprint density at radius 1 is 1.09 bits per heavy atom. The van der Waals surface area contributed by atoms with E-state index in [1.165, 1.54) is 24.8 Å². The van der Waals surface area contributed by atoms with Gasteiger partial charge < -0.3 is 15.8 Å². The Morgan fingerprint density at radius 3 is 2.64 bits per heavy atom. The predicted octanol–water partition coefficient (Wildman–Crippen LogP) is 3.38. The fourth-order valence-corrected chi connectivity index (χ4v) is 2.74. The largest absolute Gasteiger partial charge is 0.474 e. The van der Waals surface area contributed by atoms with E-state index in [0.29, 0.717) is 18.2 Å². The number of nitrogens with two attached hydrogens (primary N) is 1. The molecule has 1 aromatic heterocycles. The van der Waals surface area contributed by atoms with Gasteiger partial charge in [-0.2, -0.15) is 9.97 Å². The second kappa shape index (κ2) is 7.11. The molecule has 0 spiro atoms. The summed E-state index contributed by atoms with van der Waals surface area (Å²) in [5, 5.41) is 3.27. The van der Waals surface area contributed by atoms with Crippen molar-refractivity contribution in [2.24, 2.45) is 0 Å². The van der Waals surface area contributed by atoms with Gasteiger partial charge in [0.05, 0.1) is 0 Å². The first-order chi connectivity index (χ1) is 10.8. The Hall–Kier alpha value is -2.30. The highest BCUT2D eigenvalue weighted by molar-refractivity contribution is 5.43. The van der Waals surface area contributed by atoms with Crippen LogP contribution in [0.1, 0.15) is 37.7 Å². The predicted molar refractivity (Wildman–Crippen MR) is 87.7 cm³/mol. The topological polar surface area (TPSA) is 73.1 Å². The molecule has 116 valence electrons. The van der Waals surface area contributed by atoms with Gasteiger partial charge in [0.15, 0.2) is 0 Å². The molecule has 1 fully saturated rings. The molecule has 0 amide bonds. The van der Waals surface area contributed by atoms with Crippen LogP contribution in [0.25, 0.3) is 0 Å². The lowest BCUT2D eigenvalue weighted by Gasteiger charge is -2.22. The van der Waals surface area contributed by atoms with Crippen LogP contribution in [0.3, 0.4) is 0 Å². The molecule has 3 rings (SSSR count). The molecular weight excluding hydrogens is 276 g/mol. The van der Waals surface area contributed by atoms with Gasteiger partial charge in [-0.1, -0.05) is 36.8 Å². The number of nitrogen functional groups attached to an aromatic ring is 1. The molecule has 0 bridgehead atoms. The van der Waals surface area contributed by atoms with E-state index in [0.717, 1.165) is 12.8 Å². The van der Waals surface area contributed by atoms with Crippen LogP contribution < -0.4 is 15.8 Å². The first kappa shape index (κ1) is 14.6. The Morgan fingerprint density at radius 2 is 1.86 bits per heavy atom. The van der Waals surface area contributed by atoms with Crippen molar-refractivity contribution in [2.75, 3.05) is 11.1 Å². The van der Waals surface area contributed by atoms with E-state index in [4.69, 9.17) is 10.5 Å². The lowest BCUT2D eigenvalue weighted by molar-refractivity contribution is 0.149. The van der Waals surface area contributed by atoms with Gasteiger partial charge in [-0.3, -0.25) is 0 Å². The lowest BCUT2D eigenvalue weighted by atomic mass is 9.98. The summed E-state index contributed by atoms with van der Waals surface area (Å²) in [6, 6.07) is 12.0. The summed E-state index contributed by atoms with van der Waals surface area (Å²) in [5.41, 5.74) is 6.98. The maximum absolute atomic E-state index is 5.96. The zero-order chi connectivity index (χ0) is 15.2. The van der Waals surface area contributed by atoms with E-state index >= 15 is 0 Å². The second-order valence-electron chi connectivity index (χ2n) is 5.67. The van der Waals surface area contributed by atoms with Gasteiger partial charge in [0, 0.05) is 12.6 Å². The van der Waals surface area contributed by atoms with Gasteiger partial charge in [-0.25, -0.2) is 0 Å². The van der Waals surface area contributed by atoms with Crippen LogP contribution in [0.2, 0.25) is 0 Å².